The van der Waals surface area contributed by atoms with Gasteiger partial charge >= 0.3 is 5.69 Å². The van der Waals surface area contributed by atoms with Crippen molar-refractivity contribution in [1.29, 1.82) is 0 Å². The summed E-state index contributed by atoms with van der Waals surface area (Å²) in [6, 6.07) is 2.60. The standard InChI is InChI=1S/C16H21FN4O3.ClH/c1-3-20-12-7-13(19-5-4-16(2,8-18)9-19)11(17)6-10(12)14(22)21(24)15(20)23;/h6-7,24H,3-5,8-9,18H2,1-2H3;1H. The van der Waals surface area contributed by atoms with Crippen molar-refractivity contribution in [3.63, 3.8) is 0 Å². The molecule has 0 saturated carbocycles. The molecule has 9 heteroatoms. The quantitative estimate of drug-likeness (QED) is 0.788. The molecule has 1 unspecified atom stereocenters. The lowest BCUT2D eigenvalue weighted by molar-refractivity contribution is 0.157. The molecule has 0 amide bonds. The van der Waals surface area contributed by atoms with Crippen molar-refractivity contribution in [3.05, 3.63) is 38.8 Å². The van der Waals surface area contributed by atoms with E-state index in [1.165, 1.54) is 10.6 Å². The number of anilines is 1. The van der Waals surface area contributed by atoms with Crippen molar-refractivity contribution < 1.29 is 9.60 Å². The highest BCUT2D eigenvalue weighted by molar-refractivity contribution is 5.85. The first-order chi connectivity index (χ1) is 11.3. The van der Waals surface area contributed by atoms with Gasteiger partial charge in [-0.2, -0.15) is 0 Å². The molecule has 1 aliphatic rings. The highest BCUT2D eigenvalue weighted by Gasteiger charge is 2.34. The summed E-state index contributed by atoms with van der Waals surface area (Å²) in [5, 5.41) is 9.59. The second-order valence-electron chi connectivity index (χ2n) is 6.65. The number of benzene rings is 1. The number of fused-ring (bicyclic) bond motifs is 1. The fourth-order valence-electron chi connectivity index (χ4n) is 3.31. The van der Waals surface area contributed by atoms with E-state index in [9.17, 15) is 19.2 Å². The number of halogens is 2. The summed E-state index contributed by atoms with van der Waals surface area (Å²) in [4.78, 5) is 26.0. The molecule has 1 aromatic heterocycles. The molecule has 1 aliphatic heterocycles. The number of nitrogens with zero attached hydrogens (tertiary/aromatic N) is 3. The third kappa shape index (κ3) is 3.00. The average Bonchev–Trinajstić information content (AvgIpc) is 2.96. The second-order valence-corrected chi connectivity index (χ2v) is 6.65. The lowest BCUT2D eigenvalue weighted by atomic mass is 9.90. The fourth-order valence-corrected chi connectivity index (χ4v) is 3.31. The Morgan fingerprint density at radius 3 is 2.60 bits per heavy atom. The minimum absolute atomic E-state index is 0. The normalized spacial score (nSPS) is 20.1. The summed E-state index contributed by atoms with van der Waals surface area (Å²) in [6.45, 7) is 5.80. The summed E-state index contributed by atoms with van der Waals surface area (Å²) in [6.07, 6.45) is 0.847. The third-order valence-electron chi connectivity index (χ3n) is 4.90. The first kappa shape index (κ1) is 19.3. The molecule has 0 spiro atoms. The molecule has 2 heterocycles. The van der Waals surface area contributed by atoms with E-state index in [0.29, 0.717) is 30.8 Å². The lowest BCUT2D eigenvalue weighted by Gasteiger charge is -2.24. The Morgan fingerprint density at radius 1 is 1.36 bits per heavy atom. The van der Waals surface area contributed by atoms with Crippen LogP contribution in [0.3, 0.4) is 0 Å². The number of hydrogen-bond acceptors (Lipinski definition) is 5. The Kier molecular flexibility index (Phi) is 5.15. The monoisotopic (exact) mass is 372 g/mol. The number of rotatable bonds is 3. The molecular formula is C16H22ClFN4O3. The van der Waals surface area contributed by atoms with Crippen molar-refractivity contribution in [2.75, 3.05) is 24.5 Å². The smallest absolute Gasteiger partial charge is 0.364 e. The van der Waals surface area contributed by atoms with E-state index in [2.05, 4.69) is 6.92 Å². The minimum Gasteiger partial charge on any atom is -0.421 e. The SMILES string of the molecule is CCn1c(=O)n(O)c(=O)c2cc(F)c(N3CCC(C)(CN)C3)cc21.Cl. The van der Waals surface area contributed by atoms with Crippen LogP contribution < -0.4 is 21.9 Å². The fraction of sp³-hybridized carbons (Fsp3) is 0.500. The average molecular weight is 373 g/mol. The minimum atomic E-state index is -0.918. The summed E-state index contributed by atoms with van der Waals surface area (Å²) in [5.41, 5.74) is 4.63. The maximum atomic E-state index is 14.6. The Morgan fingerprint density at radius 2 is 2.04 bits per heavy atom. The van der Waals surface area contributed by atoms with Gasteiger partial charge in [0.1, 0.15) is 5.82 Å². The zero-order valence-corrected chi connectivity index (χ0v) is 15.0. The maximum Gasteiger partial charge on any atom is 0.364 e. The Bertz CT molecular complexity index is 926. The van der Waals surface area contributed by atoms with Crippen molar-refractivity contribution >= 4 is 29.0 Å². The summed E-state index contributed by atoms with van der Waals surface area (Å²) in [5.74, 6) is -0.554. The van der Waals surface area contributed by atoms with Gasteiger partial charge in [0.05, 0.1) is 16.6 Å². The van der Waals surface area contributed by atoms with Crippen LogP contribution in [0.15, 0.2) is 21.7 Å². The van der Waals surface area contributed by atoms with Gasteiger partial charge in [-0.15, -0.1) is 12.4 Å². The molecule has 1 fully saturated rings. The molecule has 1 aromatic carbocycles. The van der Waals surface area contributed by atoms with Gasteiger partial charge in [0.25, 0.3) is 5.56 Å². The van der Waals surface area contributed by atoms with Crippen LogP contribution in [0.1, 0.15) is 20.3 Å². The van der Waals surface area contributed by atoms with E-state index in [0.717, 1.165) is 12.5 Å². The van der Waals surface area contributed by atoms with E-state index in [1.807, 2.05) is 4.90 Å². The summed E-state index contributed by atoms with van der Waals surface area (Å²) < 4.78 is 15.9. The van der Waals surface area contributed by atoms with Crippen LogP contribution in [0, 0.1) is 11.2 Å². The molecule has 7 nitrogen and oxygen atoms in total. The summed E-state index contributed by atoms with van der Waals surface area (Å²) in [7, 11) is 0. The largest absolute Gasteiger partial charge is 0.421 e. The highest BCUT2D eigenvalue weighted by Crippen LogP contribution is 2.34. The van der Waals surface area contributed by atoms with Crippen molar-refractivity contribution in [3.8, 4) is 0 Å². The molecule has 0 bridgehead atoms. The molecule has 2 aromatic rings. The van der Waals surface area contributed by atoms with Crippen LogP contribution in [0.5, 0.6) is 0 Å². The lowest BCUT2D eigenvalue weighted by Crippen LogP contribution is -2.38. The van der Waals surface area contributed by atoms with Crippen molar-refractivity contribution in [2.45, 2.75) is 26.8 Å². The second kappa shape index (κ2) is 6.68. The van der Waals surface area contributed by atoms with Crippen LogP contribution in [0.2, 0.25) is 0 Å². The summed E-state index contributed by atoms with van der Waals surface area (Å²) >= 11 is 0. The molecule has 1 atom stereocenters. The van der Waals surface area contributed by atoms with Crippen LogP contribution in [-0.4, -0.2) is 34.1 Å². The predicted molar refractivity (Wildman–Crippen MR) is 96.5 cm³/mol. The van der Waals surface area contributed by atoms with Gasteiger partial charge in [0, 0.05) is 19.6 Å². The maximum absolute atomic E-state index is 14.6. The zero-order valence-electron chi connectivity index (χ0n) is 14.2. The first-order valence-corrected chi connectivity index (χ1v) is 7.94. The molecule has 138 valence electrons. The first-order valence-electron chi connectivity index (χ1n) is 7.94. The van der Waals surface area contributed by atoms with E-state index >= 15 is 0 Å². The Labute approximate surface area is 149 Å². The van der Waals surface area contributed by atoms with E-state index in [4.69, 9.17) is 5.73 Å². The molecule has 3 N–H and O–H groups in total. The van der Waals surface area contributed by atoms with Crippen LogP contribution in [0.25, 0.3) is 10.9 Å². The number of aryl methyl sites for hydroxylation is 1. The van der Waals surface area contributed by atoms with Gasteiger partial charge in [-0.1, -0.05) is 11.7 Å². The topological polar surface area (TPSA) is 93.5 Å². The van der Waals surface area contributed by atoms with E-state index in [-0.39, 0.29) is 34.5 Å². The van der Waals surface area contributed by atoms with Crippen molar-refractivity contribution in [1.82, 2.24) is 9.30 Å². The van der Waals surface area contributed by atoms with Crippen LogP contribution in [0.4, 0.5) is 10.1 Å². The molecule has 3 rings (SSSR count). The van der Waals surface area contributed by atoms with Crippen molar-refractivity contribution in [2.24, 2.45) is 11.1 Å². The van der Waals surface area contributed by atoms with Gasteiger partial charge in [-0.05, 0) is 37.4 Å². The van der Waals surface area contributed by atoms with Gasteiger partial charge in [-0.25, -0.2) is 9.18 Å². The molecule has 1 saturated heterocycles. The molecule has 0 aliphatic carbocycles. The van der Waals surface area contributed by atoms with Gasteiger partial charge in [-0.3, -0.25) is 9.36 Å². The molecular weight excluding hydrogens is 351 g/mol. The molecule has 25 heavy (non-hydrogen) atoms. The van der Waals surface area contributed by atoms with Crippen LogP contribution >= 0.6 is 12.4 Å². The Balaban J connectivity index is 0.00000225. The number of nitrogens with two attached hydrogens (primary N) is 1. The Hall–Kier alpha value is -2.06. The third-order valence-corrected chi connectivity index (χ3v) is 4.90. The van der Waals surface area contributed by atoms with E-state index < -0.39 is 17.1 Å². The van der Waals surface area contributed by atoms with E-state index in [1.54, 1.807) is 6.92 Å². The van der Waals surface area contributed by atoms with Gasteiger partial charge < -0.3 is 15.8 Å². The number of aromatic nitrogens is 2. The highest BCUT2D eigenvalue weighted by atomic mass is 35.5. The van der Waals surface area contributed by atoms with Crippen LogP contribution in [-0.2, 0) is 6.54 Å². The molecule has 0 radical (unpaired) electrons. The van der Waals surface area contributed by atoms with Gasteiger partial charge in [0.15, 0.2) is 0 Å². The zero-order chi connectivity index (χ0) is 17.6. The predicted octanol–water partition coefficient (Wildman–Crippen LogP) is 1.16. The van der Waals surface area contributed by atoms with Gasteiger partial charge in [0.2, 0.25) is 0 Å². The number of hydrogen-bond donors (Lipinski definition) is 2.